The molecule has 3 aliphatic rings. The van der Waals surface area contributed by atoms with Crippen LogP contribution in [-0.2, 0) is 10.2 Å². The Kier molecular flexibility index (Phi) is 4.70. The van der Waals surface area contributed by atoms with Gasteiger partial charge in [0.1, 0.15) is 0 Å². The van der Waals surface area contributed by atoms with E-state index in [1.807, 2.05) is 13.1 Å². The largest absolute Gasteiger partial charge is 0.383 e. The second kappa shape index (κ2) is 6.86. The Morgan fingerprint density at radius 2 is 2.15 bits per heavy atom. The van der Waals surface area contributed by atoms with Gasteiger partial charge in [-0.05, 0) is 62.5 Å². The Hall–Kier alpha value is -1.59. The van der Waals surface area contributed by atoms with Crippen molar-refractivity contribution in [3.8, 4) is 0 Å². The van der Waals surface area contributed by atoms with Crippen molar-refractivity contribution in [3.63, 3.8) is 0 Å². The molecule has 0 aromatic heterocycles. The van der Waals surface area contributed by atoms with Gasteiger partial charge in [-0.1, -0.05) is 0 Å². The third kappa shape index (κ3) is 3.23. The fourth-order valence-corrected chi connectivity index (χ4v) is 4.66. The van der Waals surface area contributed by atoms with Crippen LogP contribution in [0.2, 0.25) is 0 Å². The number of nitrogens with zero attached hydrogens (tertiary/aromatic N) is 3. The van der Waals surface area contributed by atoms with Crippen LogP contribution in [0.5, 0.6) is 0 Å². The van der Waals surface area contributed by atoms with Gasteiger partial charge < -0.3 is 19.4 Å². The normalized spacial score (nSPS) is 25.1. The van der Waals surface area contributed by atoms with Gasteiger partial charge in [0.05, 0.1) is 6.61 Å². The van der Waals surface area contributed by atoms with E-state index in [9.17, 15) is 4.79 Å². The summed E-state index contributed by atoms with van der Waals surface area (Å²) in [6.07, 6.45) is 3.94. The highest BCUT2D eigenvalue weighted by atomic mass is 16.5. The molecule has 2 heterocycles. The first kappa shape index (κ1) is 17.8. The first-order valence-corrected chi connectivity index (χ1v) is 9.85. The SMILES string of the molecule is COCCN(C)C(=O)c1ccc2c(c1)C1(CCN(C)C1)CN2CC1CC1. The minimum atomic E-state index is 0.0898. The highest BCUT2D eigenvalue weighted by Crippen LogP contribution is 2.47. The average Bonchev–Trinajstić information content (AvgIpc) is 3.31. The molecule has 2 fully saturated rings. The Bertz CT molecular complexity index is 688. The Morgan fingerprint density at radius 1 is 1.35 bits per heavy atom. The van der Waals surface area contributed by atoms with Gasteiger partial charge in [0, 0.05) is 57.0 Å². The van der Waals surface area contributed by atoms with Crippen molar-refractivity contribution in [1.82, 2.24) is 9.80 Å². The zero-order chi connectivity index (χ0) is 18.3. The molecule has 142 valence electrons. The molecular formula is C21H31N3O2. The van der Waals surface area contributed by atoms with Gasteiger partial charge in [0.25, 0.3) is 5.91 Å². The number of fused-ring (bicyclic) bond motifs is 2. The second-order valence-corrected chi connectivity index (χ2v) is 8.54. The summed E-state index contributed by atoms with van der Waals surface area (Å²) in [7, 11) is 5.74. The maximum atomic E-state index is 12.8. The minimum absolute atomic E-state index is 0.0898. The smallest absolute Gasteiger partial charge is 0.253 e. The molecule has 5 heteroatoms. The van der Waals surface area contributed by atoms with E-state index in [2.05, 4.69) is 29.0 Å². The summed E-state index contributed by atoms with van der Waals surface area (Å²) < 4.78 is 5.11. The lowest BCUT2D eigenvalue weighted by molar-refractivity contribution is 0.0744. The van der Waals surface area contributed by atoms with E-state index in [1.54, 1.807) is 12.0 Å². The van der Waals surface area contributed by atoms with Crippen LogP contribution in [0, 0.1) is 5.92 Å². The molecule has 1 saturated heterocycles. The highest BCUT2D eigenvalue weighted by molar-refractivity contribution is 5.95. The van der Waals surface area contributed by atoms with Gasteiger partial charge in [-0.3, -0.25) is 4.79 Å². The molecule has 1 amide bonds. The summed E-state index contributed by atoms with van der Waals surface area (Å²) in [6, 6.07) is 6.40. The standard InChI is InChI=1S/C21H31N3O2/c1-22-9-8-21(14-22)15-24(13-16-4-5-16)19-7-6-17(12-18(19)21)20(25)23(2)10-11-26-3/h6-7,12,16H,4-5,8-11,13-15H2,1-3H3. The van der Waals surface area contributed by atoms with Crippen LogP contribution in [0.1, 0.15) is 35.2 Å². The van der Waals surface area contributed by atoms with E-state index in [0.29, 0.717) is 13.2 Å². The van der Waals surface area contributed by atoms with E-state index >= 15 is 0 Å². The summed E-state index contributed by atoms with van der Waals surface area (Å²) >= 11 is 0. The van der Waals surface area contributed by atoms with Crippen LogP contribution >= 0.6 is 0 Å². The maximum absolute atomic E-state index is 12.8. The van der Waals surface area contributed by atoms with Crippen LogP contribution in [0.25, 0.3) is 0 Å². The zero-order valence-corrected chi connectivity index (χ0v) is 16.3. The van der Waals surface area contributed by atoms with E-state index in [-0.39, 0.29) is 11.3 Å². The van der Waals surface area contributed by atoms with E-state index in [0.717, 1.165) is 31.1 Å². The van der Waals surface area contributed by atoms with Crippen molar-refractivity contribution in [1.29, 1.82) is 0 Å². The van der Waals surface area contributed by atoms with Crippen molar-refractivity contribution in [3.05, 3.63) is 29.3 Å². The van der Waals surface area contributed by atoms with Crippen LogP contribution in [0.4, 0.5) is 5.69 Å². The number of methoxy groups -OCH3 is 1. The Morgan fingerprint density at radius 3 is 2.81 bits per heavy atom. The molecule has 1 aromatic carbocycles. The molecule has 0 radical (unpaired) electrons. The molecule has 0 bridgehead atoms. The summed E-state index contributed by atoms with van der Waals surface area (Å²) in [4.78, 5) is 19.6. The first-order valence-electron chi connectivity index (χ1n) is 9.85. The molecule has 1 atom stereocenters. The molecule has 26 heavy (non-hydrogen) atoms. The van der Waals surface area contributed by atoms with Crippen LogP contribution in [0.15, 0.2) is 18.2 Å². The molecule has 2 aliphatic heterocycles. The maximum Gasteiger partial charge on any atom is 0.253 e. The van der Waals surface area contributed by atoms with E-state index < -0.39 is 0 Å². The van der Waals surface area contributed by atoms with Gasteiger partial charge in [0.2, 0.25) is 0 Å². The number of ether oxygens (including phenoxy) is 1. The molecule has 1 unspecified atom stereocenters. The fraction of sp³-hybridized carbons (Fsp3) is 0.667. The third-order valence-corrected chi connectivity index (χ3v) is 6.35. The van der Waals surface area contributed by atoms with Gasteiger partial charge in [-0.15, -0.1) is 0 Å². The number of anilines is 1. The van der Waals surface area contributed by atoms with Gasteiger partial charge >= 0.3 is 0 Å². The number of hydrogen-bond donors (Lipinski definition) is 0. The topological polar surface area (TPSA) is 36.0 Å². The van der Waals surface area contributed by atoms with Crippen molar-refractivity contribution in [2.24, 2.45) is 5.92 Å². The molecule has 1 saturated carbocycles. The summed E-state index contributed by atoms with van der Waals surface area (Å²) in [5.41, 5.74) is 3.77. The average molecular weight is 357 g/mol. The third-order valence-electron chi connectivity index (χ3n) is 6.35. The molecule has 1 spiro atoms. The molecule has 5 nitrogen and oxygen atoms in total. The summed E-state index contributed by atoms with van der Waals surface area (Å²) in [5, 5.41) is 0. The van der Waals surface area contributed by atoms with Gasteiger partial charge in [-0.25, -0.2) is 0 Å². The lowest BCUT2D eigenvalue weighted by Gasteiger charge is -2.26. The molecular weight excluding hydrogens is 326 g/mol. The number of likely N-dealkylation sites (N-methyl/N-ethyl adjacent to an activating group) is 2. The zero-order valence-electron chi connectivity index (χ0n) is 16.3. The fourth-order valence-electron chi connectivity index (χ4n) is 4.66. The highest BCUT2D eigenvalue weighted by Gasteiger charge is 2.47. The number of carbonyl (C=O) groups excluding carboxylic acids is 1. The number of hydrogen-bond acceptors (Lipinski definition) is 4. The molecule has 0 N–H and O–H groups in total. The summed E-state index contributed by atoms with van der Waals surface area (Å²) in [5.74, 6) is 0.964. The van der Waals surface area contributed by atoms with Crippen molar-refractivity contribution in [2.75, 3.05) is 65.4 Å². The van der Waals surface area contributed by atoms with Gasteiger partial charge in [0.15, 0.2) is 0 Å². The van der Waals surface area contributed by atoms with Crippen LogP contribution in [-0.4, -0.2) is 76.2 Å². The number of likely N-dealkylation sites (tertiary alicyclic amines) is 1. The van der Waals surface area contributed by atoms with Gasteiger partial charge in [-0.2, -0.15) is 0 Å². The van der Waals surface area contributed by atoms with Crippen LogP contribution in [0.3, 0.4) is 0 Å². The molecule has 1 aromatic rings. The lowest BCUT2D eigenvalue weighted by Crippen LogP contribution is -2.36. The van der Waals surface area contributed by atoms with Crippen molar-refractivity contribution >= 4 is 11.6 Å². The number of amides is 1. The molecule has 4 rings (SSSR count). The summed E-state index contributed by atoms with van der Waals surface area (Å²) in [6.45, 7) is 5.71. The first-order chi connectivity index (χ1) is 12.5. The van der Waals surface area contributed by atoms with Crippen molar-refractivity contribution in [2.45, 2.75) is 24.7 Å². The second-order valence-electron chi connectivity index (χ2n) is 8.54. The van der Waals surface area contributed by atoms with Crippen molar-refractivity contribution < 1.29 is 9.53 Å². The molecule has 1 aliphatic carbocycles. The Balaban J connectivity index is 1.63. The van der Waals surface area contributed by atoms with E-state index in [1.165, 1.54) is 37.1 Å². The van der Waals surface area contributed by atoms with Crippen LogP contribution < -0.4 is 4.90 Å². The Labute approximate surface area is 156 Å². The lowest BCUT2D eigenvalue weighted by atomic mass is 9.81. The predicted molar refractivity (Wildman–Crippen MR) is 104 cm³/mol. The number of rotatable bonds is 6. The predicted octanol–water partition coefficient (Wildman–Crippen LogP) is 2.21. The monoisotopic (exact) mass is 357 g/mol. The minimum Gasteiger partial charge on any atom is -0.383 e. The van der Waals surface area contributed by atoms with E-state index in [4.69, 9.17) is 4.74 Å². The number of benzene rings is 1. The number of carbonyl (C=O) groups is 1. The quantitative estimate of drug-likeness (QED) is 0.782.